The summed E-state index contributed by atoms with van der Waals surface area (Å²) in [5, 5.41) is 7.12. The van der Waals surface area contributed by atoms with Crippen molar-refractivity contribution in [2.75, 3.05) is 13.1 Å². The number of aliphatic carboxylic acids is 1. The van der Waals surface area contributed by atoms with Crippen molar-refractivity contribution in [2.45, 2.75) is 38.0 Å². The number of carbonyl (C=O) groups is 2. The monoisotopic (exact) mass is 450 g/mol. The summed E-state index contributed by atoms with van der Waals surface area (Å²) in [5.74, 6) is -1.01. The lowest BCUT2D eigenvalue weighted by Crippen LogP contribution is -2.49. The summed E-state index contributed by atoms with van der Waals surface area (Å²) >= 11 is 0. The van der Waals surface area contributed by atoms with E-state index < -0.39 is 12.1 Å². The van der Waals surface area contributed by atoms with Gasteiger partial charge in [-0.15, -0.1) is 0 Å². The van der Waals surface area contributed by atoms with Gasteiger partial charge >= 0.3 is 12.1 Å². The standard InChI is InChI=1S/C21H24N2O2.C2HF3O2/c24-21(17-8-9-17)23-12-10-20(25-19-7-4-11-22-14-19)18(15-23)13-16-5-2-1-3-6-16;3-2(4,5)1(6)7/h1-7,11,14,17-18,20H,8-10,12-13,15H2;(H,6,7)/t18-,20-;/m0./s1. The van der Waals surface area contributed by atoms with Crippen LogP contribution in [0.5, 0.6) is 5.75 Å². The van der Waals surface area contributed by atoms with Gasteiger partial charge in [0.1, 0.15) is 11.9 Å². The number of halogens is 3. The predicted octanol–water partition coefficient (Wildman–Crippen LogP) is 3.96. The summed E-state index contributed by atoms with van der Waals surface area (Å²) < 4.78 is 38.0. The molecule has 4 rings (SSSR count). The third-order valence-electron chi connectivity index (χ3n) is 5.41. The molecule has 9 heteroatoms. The molecule has 0 spiro atoms. The molecule has 0 bridgehead atoms. The molecule has 2 heterocycles. The number of ether oxygens (including phenoxy) is 1. The molecule has 1 aromatic carbocycles. The molecule has 1 saturated carbocycles. The molecule has 2 aromatic rings. The number of hydrogen-bond donors (Lipinski definition) is 1. The Balaban J connectivity index is 0.000000360. The zero-order chi connectivity index (χ0) is 23.1. The molecule has 1 aliphatic carbocycles. The fourth-order valence-electron chi connectivity index (χ4n) is 3.66. The van der Waals surface area contributed by atoms with Gasteiger partial charge in [0.2, 0.25) is 5.91 Å². The van der Waals surface area contributed by atoms with Gasteiger partial charge in [0.15, 0.2) is 0 Å². The van der Waals surface area contributed by atoms with Crippen LogP contribution in [0.1, 0.15) is 24.8 Å². The Morgan fingerprint density at radius 3 is 2.34 bits per heavy atom. The van der Waals surface area contributed by atoms with Gasteiger partial charge in [0, 0.05) is 37.5 Å². The Morgan fingerprint density at radius 2 is 1.78 bits per heavy atom. The van der Waals surface area contributed by atoms with Crippen LogP contribution in [0.25, 0.3) is 0 Å². The van der Waals surface area contributed by atoms with Crippen LogP contribution in [0, 0.1) is 11.8 Å². The molecule has 1 aromatic heterocycles. The average Bonchev–Trinajstić information content (AvgIpc) is 3.61. The normalized spacial score (nSPS) is 20.7. The molecule has 2 fully saturated rings. The number of alkyl halides is 3. The smallest absolute Gasteiger partial charge is 0.488 e. The van der Waals surface area contributed by atoms with E-state index in [4.69, 9.17) is 14.6 Å². The highest BCUT2D eigenvalue weighted by molar-refractivity contribution is 5.81. The second-order valence-corrected chi connectivity index (χ2v) is 7.94. The zero-order valence-electron chi connectivity index (χ0n) is 17.4. The highest BCUT2D eigenvalue weighted by atomic mass is 19.4. The van der Waals surface area contributed by atoms with E-state index in [-0.39, 0.29) is 12.0 Å². The molecule has 32 heavy (non-hydrogen) atoms. The summed E-state index contributed by atoms with van der Waals surface area (Å²) in [7, 11) is 0. The molecule has 1 amide bonds. The number of carbonyl (C=O) groups excluding carboxylic acids is 1. The Hall–Kier alpha value is -3.10. The van der Waals surface area contributed by atoms with E-state index in [0.29, 0.717) is 11.8 Å². The van der Waals surface area contributed by atoms with E-state index in [2.05, 4.69) is 34.1 Å². The fourth-order valence-corrected chi connectivity index (χ4v) is 3.66. The maximum atomic E-state index is 12.5. The zero-order valence-corrected chi connectivity index (χ0v) is 17.4. The van der Waals surface area contributed by atoms with Crippen molar-refractivity contribution >= 4 is 11.9 Å². The molecule has 1 N–H and O–H groups in total. The third-order valence-corrected chi connectivity index (χ3v) is 5.41. The van der Waals surface area contributed by atoms with Gasteiger partial charge in [0.25, 0.3) is 0 Å². The largest absolute Gasteiger partial charge is 0.490 e. The average molecular weight is 450 g/mol. The van der Waals surface area contributed by atoms with E-state index in [1.165, 1.54) is 5.56 Å². The summed E-state index contributed by atoms with van der Waals surface area (Å²) in [6.45, 7) is 1.58. The second-order valence-electron chi connectivity index (χ2n) is 7.94. The van der Waals surface area contributed by atoms with Crippen molar-refractivity contribution in [1.82, 2.24) is 9.88 Å². The Labute approximate surface area is 184 Å². The fraction of sp³-hybridized carbons (Fsp3) is 0.435. The molecule has 172 valence electrons. The van der Waals surface area contributed by atoms with Crippen LogP contribution in [-0.2, 0) is 16.0 Å². The maximum Gasteiger partial charge on any atom is 0.490 e. The van der Waals surface area contributed by atoms with Crippen molar-refractivity contribution in [1.29, 1.82) is 0 Å². The summed E-state index contributed by atoms with van der Waals surface area (Å²) in [5.41, 5.74) is 1.30. The highest BCUT2D eigenvalue weighted by Crippen LogP contribution is 2.34. The first-order valence-corrected chi connectivity index (χ1v) is 10.4. The van der Waals surface area contributed by atoms with Crippen LogP contribution in [0.15, 0.2) is 54.9 Å². The van der Waals surface area contributed by atoms with E-state index in [1.807, 2.05) is 18.2 Å². The maximum absolute atomic E-state index is 12.5. The highest BCUT2D eigenvalue weighted by Gasteiger charge is 2.39. The Kier molecular flexibility index (Phi) is 7.71. The topological polar surface area (TPSA) is 79.7 Å². The number of piperidine rings is 1. The molecule has 2 atom stereocenters. The van der Waals surface area contributed by atoms with Crippen LogP contribution < -0.4 is 4.74 Å². The van der Waals surface area contributed by atoms with Crippen LogP contribution in [0.2, 0.25) is 0 Å². The van der Waals surface area contributed by atoms with Crippen LogP contribution in [0.4, 0.5) is 13.2 Å². The number of benzene rings is 1. The number of hydrogen-bond acceptors (Lipinski definition) is 4. The number of pyridine rings is 1. The Bertz CT molecular complexity index is 889. The quantitative estimate of drug-likeness (QED) is 0.746. The first-order chi connectivity index (χ1) is 15.2. The van der Waals surface area contributed by atoms with E-state index in [9.17, 15) is 18.0 Å². The Morgan fingerprint density at radius 1 is 1.09 bits per heavy atom. The van der Waals surface area contributed by atoms with Gasteiger partial charge in [0.05, 0.1) is 6.20 Å². The van der Waals surface area contributed by atoms with Gasteiger partial charge in [-0.2, -0.15) is 13.2 Å². The molecule has 0 unspecified atom stereocenters. The van der Waals surface area contributed by atoms with Crippen LogP contribution in [0.3, 0.4) is 0 Å². The molecule has 1 aliphatic heterocycles. The van der Waals surface area contributed by atoms with Crippen molar-refractivity contribution in [3.05, 3.63) is 60.4 Å². The predicted molar refractivity (Wildman–Crippen MR) is 110 cm³/mol. The second kappa shape index (κ2) is 10.5. The van der Waals surface area contributed by atoms with Gasteiger partial charge in [-0.3, -0.25) is 9.78 Å². The first-order valence-electron chi connectivity index (χ1n) is 10.4. The molecular formula is C23H25F3N2O4. The number of likely N-dealkylation sites (tertiary alicyclic amines) is 1. The number of rotatable bonds is 5. The minimum atomic E-state index is -5.08. The lowest BCUT2D eigenvalue weighted by molar-refractivity contribution is -0.192. The third kappa shape index (κ3) is 6.96. The summed E-state index contributed by atoms with van der Waals surface area (Å²) in [6.07, 6.45) is 2.49. The molecule has 0 radical (unpaired) electrons. The van der Waals surface area contributed by atoms with E-state index in [0.717, 1.165) is 44.5 Å². The minimum absolute atomic E-state index is 0.118. The van der Waals surface area contributed by atoms with E-state index >= 15 is 0 Å². The van der Waals surface area contributed by atoms with Gasteiger partial charge < -0.3 is 14.7 Å². The lowest BCUT2D eigenvalue weighted by Gasteiger charge is -2.38. The van der Waals surface area contributed by atoms with Gasteiger partial charge in [-0.05, 0) is 37.0 Å². The minimum Gasteiger partial charge on any atom is -0.488 e. The number of amides is 1. The molecular weight excluding hydrogens is 425 g/mol. The summed E-state index contributed by atoms with van der Waals surface area (Å²) in [6, 6.07) is 14.3. The van der Waals surface area contributed by atoms with Crippen molar-refractivity contribution in [3.8, 4) is 5.75 Å². The van der Waals surface area contributed by atoms with Crippen molar-refractivity contribution in [2.24, 2.45) is 11.8 Å². The van der Waals surface area contributed by atoms with Crippen molar-refractivity contribution < 1.29 is 32.6 Å². The van der Waals surface area contributed by atoms with E-state index in [1.54, 1.807) is 12.4 Å². The number of aromatic nitrogens is 1. The van der Waals surface area contributed by atoms with Crippen LogP contribution in [-0.4, -0.2) is 52.2 Å². The lowest BCUT2D eigenvalue weighted by atomic mass is 9.88. The van der Waals surface area contributed by atoms with Gasteiger partial charge in [-0.1, -0.05) is 30.3 Å². The molecule has 2 aliphatic rings. The van der Waals surface area contributed by atoms with Crippen molar-refractivity contribution in [3.63, 3.8) is 0 Å². The number of nitrogens with zero attached hydrogens (tertiary/aromatic N) is 2. The van der Waals surface area contributed by atoms with Gasteiger partial charge in [-0.25, -0.2) is 4.79 Å². The van der Waals surface area contributed by atoms with Crippen LogP contribution >= 0.6 is 0 Å². The summed E-state index contributed by atoms with van der Waals surface area (Å²) in [4.78, 5) is 27.6. The number of carboxylic acids is 1. The number of carboxylic acid groups (broad SMARTS) is 1. The SMILES string of the molecule is O=C(C1CC1)N1CC[C@H](Oc2cccnc2)[C@@H](Cc2ccccc2)C1.O=C(O)C(F)(F)F. The molecule has 6 nitrogen and oxygen atoms in total. The first kappa shape index (κ1) is 23.6. The molecule has 1 saturated heterocycles.